The first-order valence-corrected chi connectivity index (χ1v) is 9.49. The van der Waals surface area contributed by atoms with Crippen LogP contribution in [0.5, 0.6) is 0 Å². The van der Waals surface area contributed by atoms with E-state index in [1.54, 1.807) is 12.3 Å². The summed E-state index contributed by atoms with van der Waals surface area (Å²) in [6, 6.07) is 5.91. The molecule has 2 N–H and O–H groups in total. The summed E-state index contributed by atoms with van der Waals surface area (Å²) in [5, 5.41) is 7.08. The number of hydrogen-bond acceptors (Lipinski definition) is 4. The zero-order valence-corrected chi connectivity index (χ0v) is 16.0. The van der Waals surface area contributed by atoms with E-state index in [-0.39, 0.29) is 11.9 Å². The summed E-state index contributed by atoms with van der Waals surface area (Å²) in [6.45, 7) is 4.82. The zero-order valence-electron chi connectivity index (χ0n) is 15.3. The molecule has 1 saturated carbocycles. The van der Waals surface area contributed by atoms with Gasteiger partial charge in [0.25, 0.3) is 5.91 Å². The smallest absolute Gasteiger partial charge is 0.253 e. The Bertz CT molecular complexity index is 772. The van der Waals surface area contributed by atoms with Crippen molar-refractivity contribution in [2.24, 2.45) is 5.92 Å². The summed E-state index contributed by atoms with van der Waals surface area (Å²) < 4.78 is 0. The molecule has 2 aromatic heterocycles. The van der Waals surface area contributed by atoms with Crippen molar-refractivity contribution in [3.05, 3.63) is 52.4 Å². The van der Waals surface area contributed by atoms with Crippen LogP contribution in [0.25, 0.3) is 0 Å². The van der Waals surface area contributed by atoms with E-state index in [9.17, 15) is 4.79 Å². The highest BCUT2D eigenvalue weighted by Gasteiger charge is 2.23. The topological polar surface area (TPSA) is 66.9 Å². The third-order valence-corrected chi connectivity index (χ3v) is 5.25. The van der Waals surface area contributed by atoms with Crippen LogP contribution in [0.4, 0.5) is 5.82 Å². The van der Waals surface area contributed by atoms with E-state index in [1.807, 2.05) is 19.2 Å². The van der Waals surface area contributed by atoms with E-state index in [0.717, 1.165) is 38.0 Å². The average molecular weight is 373 g/mol. The van der Waals surface area contributed by atoms with Crippen molar-refractivity contribution < 1.29 is 4.79 Å². The Kier molecular flexibility index (Phi) is 6.09. The van der Waals surface area contributed by atoms with Gasteiger partial charge in [0.1, 0.15) is 5.82 Å². The number of anilines is 1. The molecule has 0 atom stereocenters. The maximum absolute atomic E-state index is 12.5. The lowest BCUT2D eigenvalue weighted by atomic mass is 9.86. The molecule has 6 heteroatoms. The molecule has 138 valence electrons. The van der Waals surface area contributed by atoms with Gasteiger partial charge in [0.15, 0.2) is 0 Å². The molecule has 0 bridgehead atoms. The first-order valence-electron chi connectivity index (χ1n) is 9.11. The maximum Gasteiger partial charge on any atom is 0.253 e. The highest BCUT2D eigenvalue weighted by molar-refractivity contribution is 6.30. The SMILES string of the molecule is Cc1cccnc1NCC1CCC(NC(=O)c2cc(Cl)cnc2C)CC1. The van der Waals surface area contributed by atoms with E-state index in [2.05, 4.69) is 33.6 Å². The van der Waals surface area contributed by atoms with Crippen molar-refractivity contribution in [1.29, 1.82) is 0 Å². The molecular weight excluding hydrogens is 348 g/mol. The summed E-state index contributed by atoms with van der Waals surface area (Å²) in [5.74, 6) is 1.49. The number of nitrogens with one attached hydrogen (secondary N) is 2. The number of aryl methyl sites for hydroxylation is 2. The second-order valence-electron chi connectivity index (χ2n) is 7.03. The number of aromatic nitrogens is 2. The molecule has 0 spiro atoms. The Morgan fingerprint density at radius 1 is 1.23 bits per heavy atom. The molecule has 1 amide bonds. The summed E-state index contributed by atoms with van der Waals surface area (Å²) in [5.41, 5.74) is 2.43. The molecule has 26 heavy (non-hydrogen) atoms. The Labute approximate surface area is 159 Å². The van der Waals surface area contributed by atoms with Gasteiger partial charge in [0.05, 0.1) is 16.3 Å². The number of nitrogens with zero attached hydrogens (tertiary/aromatic N) is 2. The van der Waals surface area contributed by atoms with Crippen LogP contribution < -0.4 is 10.6 Å². The van der Waals surface area contributed by atoms with Crippen molar-refractivity contribution in [3.8, 4) is 0 Å². The lowest BCUT2D eigenvalue weighted by molar-refractivity contribution is 0.0921. The quantitative estimate of drug-likeness (QED) is 0.827. The third-order valence-electron chi connectivity index (χ3n) is 5.05. The lowest BCUT2D eigenvalue weighted by Gasteiger charge is -2.29. The van der Waals surface area contributed by atoms with Gasteiger partial charge < -0.3 is 10.6 Å². The Hall–Kier alpha value is -2.14. The summed E-state index contributed by atoms with van der Waals surface area (Å²) in [4.78, 5) is 21.0. The number of halogens is 1. The fraction of sp³-hybridized carbons (Fsp3) is 0.450. The number of carbonyl (C=O) groups excluding carboxylic acids is 1. The molecular formula is C20H25ClN4O. The molecule has 3 rings (SSSR count). The summed E-state index contributed by atoms with van der Waals surface area (Å²) in [7, 11) is 0. The number of amides is 1. The minimum absolute atomic E-state index is 0.0804. The molecule has 1 aliphatic carbocycles. The molecule has 1 fully saturated rings. The van der Waals surface area contributed by atoms with E-state index in [4.69, 9.17) is 11.6 Å². The molecule has 0 aromatic carbocycles. The van der Waals surface area contributed by atoms with Gasteiger partial charge in [0.2, 0.25) is 0 Å². The van der Waals surface area contributed by atoms with E-state index >= 15 is 0 Å². The van der Waals surface area contributed by atoms with Gasteiger partial charge in [-0.2, -0.15) is 0 Å². The first-order chi connectivity index (χ1) is 12.5. The summed E-state index contributed by atoms with van der Waals surface area (Å²) in [6.07, 6.45) is 7.55. The number of rotatable bonds is 5. The molecule has 0 radical (unpaired) electrons. The van der Waals surface area contributed by atoms with Gasteiger partial charge >= 0.3 is 0 Å². The van der Waals surface area contributed by atoms with Crippen molar-refractivity contribution in [3.63, 3.8) is 0 Å². The minimum Gasteiger partial charge on any atom is -0.370 e. The second kappa shape index (κ2) is 8.49. The fourth-order valence-electron chi connectivity index (χ4n) is 3.42. The van der Waals surface area contributed by atoms with Crippen LogP contribution >= 0.6 is 11.6 Å². The van der Waals surface area contributed by atoms with Gasteiger partial charge in [-0.15, -0.1) is 0 Å². The van der Waals surface area contributed by atoms with E-state index in [1.165, 1.54) is 5.56 Å². The predicted octanol–water partition coefficient (Wildman–Crippen LogP) is 4.15. The molecule has 1 aliphatic rings. The maximum atomic E-state index is 12.5. The van der Waals surface area contributed by atoms with Crippen molar-refractivity contribution in [1.82, 2.24) is 15.3 Å². The van der Waals surface area contributed by atoms with Crippen LogP contribution in [-0.4, -0.2) is 28.5 Å². The van der Waals surface area contributed by atoms with Gasteiger partial charge in [-0.1, -0.05) is 17.7 Å². The zero-order chi connectivity index (χ0) is 18.5. The second-order valence-corrected chi connectivity index (χ2v) is 7.46. The Morgan fingerprint density at radius 2 is 2.00 bits per heavy atom. The average Bonchev–Trinajstić information content (AvgIpc) is 2.64. The van der Waals surface area contributed by atoms with Gasteiger partial charge in [-0.05, 0) is 63.1 Å². The van der Waals surface area contributed by atoms with Gasteiger partial charge in [-0.25, -0.2) is 4.98 Å². The molecule has 5 nitrogen and oxygen atoms in total. The molecule has 2 aromatic rings. The van der Waals surface area contributed by atoms with E-state index in [0.29, 0.717) is 22.2 Å². The fourth-order valence-corrected chi connectivity index (χ4v) is 3.58. The lowest BCUT2D eigenvalue weighted by Crippen LogP contribution is -2.38. The van der Waals surface area contributed by atoms with Crippen LogP contribution in [0.2, 0.25) is 5.02 Å². The highest BCUT2D eigenvalue weighted by Crippen LogP contribution is 2.25. The van der Waals surface area contributed by atoms with Crippen molar-refractivity contribution >= 4 is 23.3 Å². The molecule has 0 aliphatic heterocycles. The molecule has 0 unspecified atom stereocenters. The monoisotopic (exact) mass is 372 g/mol. The summed E-state index contributed by atoms with van der Waals surface area (Å²) >= 11 is 5.96. The Morgan fingerprint density at radius 3 is 2.73 bits per heavy atom. The van der Waals surface area contributed by atoms with Crippen LogP contribution in [0, 0.1) is 19.8 Å². The van der Waals surface area contributed by atoms with E-state index < -0.39 is 0 Å². The van der Waals surface area contributed by atoms with Gasteiger partial charge in [-0.3, -0.25) is 9.78 Å². The van der Waals surface area contributed by atoms with Crippen LogP contribution in [0.3, 0.4) is 0 Å². The molecule has 2 heterocycles. The minimum atomic E-state index is -0.0804. The largest absolute Gasteiger partial charge is 0.370 e. The van der Waals surface area contributed by atoms with Gasteiger partial charge in [0, 0.05) is 25.0 Å². The van der Waals surface area contributed by atoms with Crippen molar-refractivity contribution in [2.45, 2.75) is 45.6 Å². The number of carbonyl (C=O) groups is 1. The third kappa shape index (κ3) is 4.73. The standard InChI is InChI=1S/C20H25ClN4O/c1-13-4-3-9-22-19(13)24-11-15-5-7-17(8-6-15)25-20(26)18-10-16(21)12-23-14(18)2/h3-4,9-10,12,15,17H,5-8,11H2,1-2H3,(H,22,24)(H,25,26). The highest BCUT2D eigenvalue weighted by atomic mass is 35.5. The number of pyridine rings is 2. The Balaban J connectivity index is 1.47. The normalized spacial score (nSPS) is 19.8. The van der Waals surface area contributed by atoms with Crippen LogP contribution in [0.1, 0.15) is 47.3 Å². The molecule has 0 saturated heterocycles. The first kappa shape index (κ1) is 18.6. The predicted molar refractivity (Wildman–Crippen MR) is 105 cm³/mol. The van der Waals surface area contributed by atoms with Crippen LogP contribution in [0.15, 0.2) is 30.6 Å². The van der Waals surface area contributed by atoms with Crippen molar-refractivity contribution in [2.75, 3.05) is 11.9 Å². The van der Waals surface area contributed by atoms with Crippen LogP contribution in [-0.2, 0) is 0 Å². The number of hydrogen-bond donors (Lipinski definition) is 2.